The number of carbonyl (C=O) groups excluding carboxylic acids is 2. The van der Waals surface area contributed by atoms with E-state index in [0.29, 0.717) is 11.3 Å². The van der Waals surface area contributed by atoms with Crippen LogP contribution in [0.3, 0.4) is 0 Å². The number of nitro groups is 1. The summed E-state index contributed by atoms with van der Waals surface area (Å²) in [5, 5.41) is 13.2. The van der Waals surface area contributed by atoms with Gasteiger partial charge in [0.2, 0.25) is 0 Å². The summed E-state index contributed by atoms with van der Waals surface area (Å²) in [5.74, 6) is -1.59. The second kappa shape index (κ2) is 7.13. The van der Waals surface area contributed by atoms with Gasteiger partial charge in [-0.1, -0.05) is 0 Å². The van der Waals surface area contributed by atoms with Crippen LogP contribution in [0.15, 0.2) is 30.6 Å². The highest BCUT2D eigenvalue weighted by Crippen LogP contribution is 2.21. The number of anilines is 2. The van der Waals surface area contributed by atoms with E-state index < -0.39 is 23.4 Å². The molecule has 0 saturated carbocycles. The number of benzene rings is 1. The molecule has 0 unspecified atom stereocenters. The average Bonchev–Trinajstić information content (AvgIpc) is 2.54. The number of ether oxygens (including phenoxy) is 1. The maximum Gasteiger partial charge on any atom is 0.361 e. The van der Waals surface area contributed by atoms with Crippen molar-refractivity contribution in [2.75, 3.05) is 17.7 Å². The Hall–Kier alpha value is -3.56. The highest BCUT2D eigenvalue weighted by atomic mass is 16.6. The van der Waals surface area contributed by atoms with Crippen LogP contribution in [0, 0.1) is 17.0 Å². The van der Waals surface area contributed by atoms with Crippen molar-refractivity contribution >= 4 is 29.1 Å². The standard InChI is InChI=1S/C14H13N5O5/c1-8-6-9(19(22)23)2-3-10(8)18-11(20)7-24-14(21)12-13(15)17-5-4-16-12/h2-6H,7H2,1H3,(H2,15,17)(H,18,20). The van der Waals surface area contributed by atoms with Crippen LogP contribution in [-0.4, -0.2) is 33.4 Å². The van der Waals surface area contributed by atoms with Crippen molar-refractivity contribution in [2.24, 2.45) is 0 Å². The van der Waals surface area contributed by atoms with E-state index >= 15 is 0 Å². The van der Waals surface area contributed by atoms with Gasteiger partial charge in [0.15, 0.2) is 18.1 Å². The van der Waals surface area contributed by atoms with Gasteiger partial charge >= 0.3 is 5.97 Å². The molecule has 0 spiro atoms. The van der Waals surface area contributed by atoms with Crippen LogP contribution in [0.1, 0.15) is 16.1 Å². The number of carbonyl (C=O) groups is 2. The minimum Gasteiger partial charge on any atom is -0.451 e. The summed E-state index contributed by atoms with van der Waals surface area (Å²) in [7, 11) is 0. The molecule has 0 radical (unpaired) electrons. The van der Waals surface area contributed by atoms with Crippen LogP contribution >= 0.6 is 0 Å². The molecule has 1 amide bonds. The molecule has 1 aromatic heterocycles. The van der Waals surface area contributed by atoms with Crippen LogP contribution < -0.4 is 11.1 Å². The largest absolute Gasteiger partial charge is 0.451 e. The van der Waals surface area contributed by atoms with Crippen molar-refractivity contribution in [2.45, 2.75) is 6.92 Å². The van der Waals surface area contributed by atoms with Crippen molar-refractivity contribution in [3.8, 4) is 0 Å². The molecule has 1 heterocycles. The first kappa shape index (κ1) is 16.8. The Morgan fingerprint density at radius 3 is 2.67 bits per heavy atom. The fourth-order valence-electron chi connectivity index (χ4n) is 1.79. The molecule has 10 nitrogen and oxygen atoms in total. The van der Waals surface area contributed by atoms with Gasteiger partial charge in [-0.05, 0) is 18.6 Å². The summed E-state index contributed by atoms with van der Waals surface area (Å²) >= 11 is 0. The lowest BCUT2D eigenvalue weighted by molar-refractivity contribution is -0.384. The Bertz CT molecular complexity index is 808. The van der Waals surface area contributed by atoms with Gasteiger partial charge in [0, 0.05) is 30.2 Å². The van der Waals surface area contributed by atoms with E-state index in [2.05, 4.69) is 15.3 Å². The molecule has 0 aliphatic carbocycles. The van der Waals surface area contributed by atoms with Gasteiger partial charge in [0.05, 0.1) is 4.92 Å². The Labute approximate surface area is 135 Å². The van der Waals surface area contributed by atoms with E-state index in [1.807, 2.05) is 0 Å². The molecular weight excluding hydrogens is 318 g/mol. The summed E-state index contributed by atoms with van der Waals surface area (Å²) < 4.78 is 4.80. The summed E-state index contributed by atoms with van der Waals surface area (Å²) in [5.41, 5.74) is 6.09. The Morgan fingerprint density at radius 1 is 1.33 bits per heavy atom. The molecule has 1 aromatic carbocycles. The number of nitrogens with zero attached hydrogens (tertiary/aromatic N) is 3. The SMILES string of the molecule is Cc1cc([N+](=O)[O-])ccc1NC(=O)COC(=O)c1nccnc1N. The minimum atomic E-state index is -0.879. The van der Waals surface area contributed by atoms with Crippen molar-refractivity contribution in [1.82, 2.24) is 9.97 Å². The lowest BCUT2D eigenvalue weighted by Gasteiger charge is -2.09. The van der Waals surface area contributed by atoms with E-state index in [4.69, 9.17) is 10.5 Å². The quantitative estimate of drug-likeness (QED) is 0.469. The van der Waals surface area contributed by atoms with Crippen molar-refractivity contribution < 1.29 is 19.2 Å². The molecular formula is C14H13N5O5. The summed E-state index contributed by atoms with van der Waals surface area (Å²) in [6, 6.07) is 3.98. The number of hydrogen-bond donors (Lipinski definition) is 2. The second-order valence-corrected chi connectivity index (χ2v) is 4.67. The van der Waals surface area contributed by atoms with Crippen molar-refractivity contribution in [3.05, 3.63) is 52.0 Å². The average molecular weight is 331 g/mol. The maximum atomic E-state index is 11.8. The zero-order valence-corrected chi connectivity index (χ0v) is 12.6. The lowest BCUT2D eigenvalue weighted by Crippen LogP contribution is -2.22. The first-order valence-electron chi connectivity index (χ1n) is 6.67. The van der Waals surface area contributed by atoms with Crippen LogP contribution in [0.5, 0.6) is 0 Å². The Kier molecular flexibility index (Phi) is 5.00. The molecule has 3 N–H and O–H groups in total. The number of aryl methyl sites for hydroxylation is 1. The molecule has 124 valence electrons. The van der Waals surface area contributed by atoms with Crippen LogP contribution in [-0.2, 0) is 9.53 Å². The highest BCUT2D eigenvalue weighted by molar-refractivity contribution is 5.96. The normalized spacial score (nSPS) is 10.0. The number of esters is 1. The van der Waals surface area contributed by atoms with E-state index in [9.17, 15) is 19.7 Å². The monoisotopic (exact) mass is 331 g/mol. The molecule has 0 fully saturated rings. The predicted molar refractivity (Wildman–Crippen MR) is 83.2 cm³/mol. The number of non-ortho nitro benzene ring substituents is 1. The van der Waals surface area contributed by atoms with E-state index in [0.717, 1.165) is 0 Å². The van der Waals surface area contributed by atoms with Gasteiger partial charge in [-0.2, -0.15) is 0 Å². The summed E-state index contributed by atoms with van der Waals surface area (Å²) in [4.78, 5) is 41.1. The summed E-state index contributed by atoms with van der Waals surface area (Å²) in [6.07, 6.45) is 2.59. The van der Waals surface area contributed by atoms with Crippen molar-refractivity contribution in [3.63, 3.8) is 0 Å². The van der Waals surface area contributed by atoms with Crippen LogP contribution in [0.4, 0.5) is 17.2 Å². The number of hydrogen-bond acceptors (Lipinski definition) is 8. The maximum absolute atomic E-state index is 11.8. The molecule has 0 aliphatic heterocycles. The first-order chi connectivity index (χ1) is 11.4. The second-order valence-electron chi connectivity index (χ2n) is 4.67. The molecule has 0 bridgehead atoms. The van der Waals surface area contributed by atoms with Crippen LogP contribution in [0.25, 0.3) is 0 Å². The number of nitro benzene ring substituents is 1. The van der Waals surface area contributed by atoms with Gasteiger partial charge in [-0.25, -0.2) is 14.8 Å². The van der Waals surface area contributed by atoms with E-state index in [-0.39, 0.29) is 17.2 Å². The molecule has 10 heteroatoms. The molecule has 0 saturated heterocycles. The van der Waals surface area contributed by atoms with Gasteiger partial charge in [0.25, 0.3) is 11.6 Å². The molecule has 2 aromatic rings. The van der Waals surface area contributed by atoms with E-state index in [1.54, 1.807) is 6.92 Å². The lowest BCUT2D eigenvalue weighted by atomic mass is 10.2. The number of amides is 1. The first-order valence-corrected chi connectivity index (χ1v) is 6.67. The molecule has 0 aliphatic rings. The Morgan fingerprint density at radius 2 is 2.04 bits per heavy atom. The molecule has 0 atom stereocenters. The molecule has 24 heavy (non-hydrogen) atoms. The topological polar surface area (TPSA) is 150 Å². The van der Waals surface area contributed by atoms with Crippen LogP contribution in [0.2, 0.25) is 0 Å². The fraction of sp³-hybridized carbons (Fsp3) is 0.143. The number of rotatable bonds is 5. The number of aromatic nitrogens is 2. The summed E-state index contributed by atoms with van der Waals surface area (Å²) in [6.45, 7) is 1.04. The van der Waals surface area contributed by atoms with Gasteiger partial charge in [0.1, 0.15) is 0 Å². The third kappa shape index (κ3) is 4.00. The number of nitrogen functional groups attached to an aromatic ring is 1. The third-order valence-electron chi connectivity index (χ3n) is 2.95. The van der Waals surface area contributed by atoms with Gasteiger partial charge in [-0.3, -0.25) is 14.9 Å². The fourth-order valence-corrected chi connectivity index (χ4v) is 1.79. The predicted octanol–water partition coefficient (Wildman–Crippen LogP) is 1.07. The third-order valence-corrected chi connectivity index (χ3v) is 2.95. The smallest absolute Gasteiger partial charge is 0.361 e. The zero-order valence-electron chi connectivity index (χ0n) is 12.6. The number of nitrogens with two attached hydrogens (primary N) is 1. The van der Waals surface area contributed by atoms with Gasteiger partial charge in [-0.15, -0.1) is 0 Å². The van der Waals surface area contributed by atoms with Crippen molar-refractivity contribution in [1.29, 1.82) is 0 Å². The van der Waals surface area contributed by atoms with Gasteiger partial charge < -0.3 is 15.8 Å². The highest BCUT2D eigenvalue weighted by Gasteiger charge is 2.16. The Balaban J connectivity index is 1.95. The minimum absolute atomic E-state index is 0.0879. The van der Waals surface area contributed by atoms with E-state index in [1.165, 1.54) is 30.6 Å². The number of nitrogens with one attached hydrogen (secondary N) is 1. The zero-order chi connectivity index (χ0) is 17.7. The molecule has 2 rings (SSSR count).